The highest BCUT2D eigenvalue weighted by Gasteiger charge is 2.08. The zero-order chi connectivity index (χ0) is 17.3. The maximum atomic E-state index is 10.9. The summed E-state index contributed by atoms with van der Waals surface area (Å²) < 4.78 is 0. The third-order valence-corrected chi connectivity index (χ3v) is 4.18. The molecule has 0 rings (SSSR count). The van der Waals surface area contributed by atoms with Crippen LogP contribution in [-0.4, -0.2) is 36.3 Å². The van der Waals surface area contributed by atoms with Gasteiger partial charge in [-0.1, -0.05) is 64.7 Å². The van der Waals surface area contributed by atoms with Crippen molar-refractivity contribution in [3.8, 4) is 0 Å². The van der Waals surface area contributed by atoms with Gasteiger partial charge >= 0.3 is 0 Å². The third-order valence-electron chi connectivity index (χ3n) is 4.18. The maximum absolute atomic E-state index is 10.9. The fourth-order valence-corrected chi connectivity index (χ4v) is 2.69. The molecule has 5 nitrogen and oxygen atoms in total. The molecule has 0 unspecified atom stereocenters. The molecule has 5 heteroatoms. The van der Waals surface area contributed by atoms with Crippen LogP contribution >= 0.6 is 0 Å². The summed E-state index contributed by atoms with van der Waals surface area (Å²) in [4.78, 5) is 23.9. The molecule has 136 valence electrons. The van der Waals surface area contributed by atoms with Crippen molar-refractivity contribution in [3.63, 3.8) is 0 Å². The molecule has 0 fully saturated rings. The molecule has 0 heterocycles. The van der Waals surface area contributed by atoms with Crippen molar-refractivity contribution < 1.29 is 9.59 Å². The second kappa shape index (κ2) is 15.8. The summed E-state index contributed by atoms with van der Waals surface area (Å²) >= 11 is 0. The van der Waals surface area contributed by atoms with E-state index in [0.717, 1.165) is 13.0 Å². The Morgan fingerprint density at radius 1 is 0.652 bits per heavy atom. The van der Waals surface area contributed by atoms with Crippen molar-refractivity contribution in [3.05, 3.63) is 0 Å². The Balaban J connectivity index is 3.60. The monoisotopic (exact) mass is 327 g/mol. The first kappa shape index (κ1) is 21.9. The lowest BCUT2D eigenvalue weighted by atomic mass is 10.1. The average Bonchev–Trinajstić information content (AvgIpc) is 2.50. The van der Waals surface area contributed by atoms with E-state index >= 15 is 0 Å². The standard InChI is InChI=1S/C18H37N3O2/c1-2-3-4-5-6-7-8-9-10-11-14-21(15-12-17(19)22)16-13-18(20)23/h2-16H2,1H3,(H2,19,22)(H2,20,23). The molecule has 2 amide bonds. The molecular weight excluding hydrogens is 290 g/mol. The zero-order valence-corrected chi connectivity index (χ0v) is 15.0. The zero-order valence-electron chi connectivity index (χ0n) is 15.0. The number of primary amides is 2. The van der Waals surface area contributed by atoms with Crippen LogP contribution in [0.25, 0.3) is 0 Å². The topological polar surface area (TPSA) is 89.4 Å². The summed E-state index contributed by atoms with van der Waals surface area (Å²) in [6.45, 7) is 4.41. The molecule has 0 saturated carbocycles. The smallest absolute Gasteiger partial charge is 0.218 e. The van der Waals surface area contributed by atoms with Crippen LogP contribution in [0, 0.1) is 0 Å². The molecule has 4 N–H and O–H groups in total. The van der Waals surface area contributed by atoms with Crippen molar-refractivity contribution in [2.45, 2.75) is 84.0 Å². The van der Waals surface area contributed by atoms with Crippen LogP contribution in [0.2, 0.25) is 0 Å². The van der Waals surface area contributed by atoms with Crippen molar-refractivity contribution in [2.75, 3.05) is 19.6 Å². The van der Waals surface area contributed by atoms with Crippen LogP contribution in [0.3, 0.4) is 0 Å². The van der Waals surface area contributed by atoms with E-state index in [9.17, 15) is 9.59 Å². The molecule has 0 atom stereocenters. The van der Waals surface area contributed by atoms with Gasteiger partial charge in [-0.15, -0.1) is 0 Å². The van der Waals surface area contributed by atoms with Crippen molar-refractivity contribution in [1.29, 1.82) is 0 Å². The van der Waals surface area contributed by atoms with Gasteiger partial charge in [-0.25, -0.2) is 0 Å². The van der Waals surface area contributed by atoms with Crippen LogP contribution in [0.4, 0.5) is 0 Å². The molecule has 0 aliphatic rings. The minimum atomic E-state index is -0.294. The van der Waals surface area contributed by atoms with E-state index in [1.165, 1.54) is 57.8 Å². The fourth-order valence-electron chi connectivity index (χ4n) is 2.69. The lowest BCUT2D eigenvalue weighted by molar-refractivity contribution is -0.118. The van der Waals surface area contributed by atoms with Gasteiger partial charge in [0, 0.05) is 25.9 Å². The third kappa shape index (κ3) is 17.1. The first-order chi connectivity index (χ1) is 11.1. The molecule has 0 bridgehead atoms. The van der Waals surface area contributed by atoms with Crippen molar-refractivity contribution in [1.82, 2.24) is 4.90 Å². The first-order valence-corrected chi connectivity index (χ1v) is 9.35. The molecular formula is C18H37N3O2. The van der Waals surface area contributed by atoms with Crippen molar-refractivity contribution >= 4 is 11.8 Å². The molecule has 0 saturated heterocycles. The van der Waals surface area contributed by atoms with Crippen molar-refractivity contribution in [2.24, 2.45) is 11.5 Å². The van der Waals surface area contributed by atoms with Gasteiger partial charge in [0.25, 0.3) is 0 Å². The molecule has 23 heavy (non-hydrogen) atoms. The first-order valence-electron chi connectivity index (χ1n) is 9.35. The van der Waals surface area contributed by atoms with Gasteiger partial charge in [0.2, 0.25) is 11.8 Å². The Bertz CT molecular complexity index is 291. The summed E-state index contributed by atoms with van der Waals surface area (Å²) in [6.07, 6.45) is 13.7. The number of nitrogens with two attached hydrogens (primary N) is 2. The number of hydrogen-bond acceptors (Lipinski definition) is 3. The number of carbonyl (C=O) groups is 2. The van der Waals surface area contributed by atoms with Gasteiger partial charge in [-0.2, -0.15) is 0 Å². The van der Waals surface area contributed by atoms with Crippen LogP contribution < -0.4 is 11.5 Å². The minimum absolute atomic E-state index is 0.294. The normalized spacial score (nSPS) is 11.0. The number of nitrogens with zero attached hydrogens (tertiary/aromatic N) is 1. The SMILES string of the molecule is CCCCCCCCCCCCN(CCC(N)=O)CCC(N)=O. The second-order valence-corrected chi connectivity index (χ2v) is 6.46. The highest BCUT2D eigenvalue weighted by Crippen LogP contribution is 2.11. The molecule has 0 aliphatic carbocycles. The van der Waals surface area contributed by atoms with E-state index < -0.39 is 0 Å². The summed E-state index contributed by atoms with van der Waals surface area (Å²) in [5.74, 6) is -0.589. The largest absolute Gasteiger partial charge is 0.370 e. The van der Waals surface area contributed by atoms with Gasteiger partial charge in [-0.05, 0) is 13.0 Å². The van der Waals surface area contributed by atoms with Crippen LogP contribution in [-0.2, 0) is 9.59 Å². The Hall–Kier alpha value is -1.10. The Kier molecular flexibility index (Phi) is 15.0. The molecule has 0 radical (unpaired) electrons. The van der Waals surface area contributed by atoms with E-state index in [1.807, 2.05) is 0 Å². The summed E-state index contributed by atoms with van der Waals surface area (Å²) in [5, 5.41) is 0. The van der Waals surface area contributed by atoms with Crippen LogP contribution in [0.15, 0.2) is 0 Å². The highest BCUT2D eigenvalue weighted by atomic mass is 16.1. The Labute approximate surface area is 142 Å². The molecule has 0 aromatic rings. The molecule has 0 aliphatic heterocycles. The molecule has 0 aromatic carbocycles. The summed E-state index contributed by atoms with van der Waals surface area (Å²) in [6, 6.07) is 0. The van der Waals surface area contributed by atoms with E-state index in [0.29, 0.717) is 25.9 Å². The molecule has 0 aromatic heterocycles. The van der Waals surface area contributed by atoms with Crippen LogP contribution in [0.1, 0.15) is 84.0 Å². The van der Waals surface area contributed by atoms with Gasteiger partial charge in [0.05, 0.1) is 0 Å². The van der Waals surface area contributed by atoms with Gasteiger partial charge < -0.3 is 16.4 Å². The fraction of sp³-hybridized carbons (Fsp3) is 0.889. The molecule has 0 spiro atoms. The van der Waals surface area contributed by atoms with Gasteiger partial charge in [-0.3, -0.25) is 9.59 Å². The maximum Gasteiger partial charge on any atom is 0.218 e. The Morgan fingerprint density at radius 2 is 1.04 bits per heavy atom. The second-order valence-electron chi connectivity index (χ2n) is 6.46. The number of carbonyl (C=O) groups excluding carboxylic acids is 2. The highest BCUT2D eigenvalue weighted by molar-refractivity contribution is 5.74. The Morgan fingerprint density at radius 3 is 1.43 bits per heavy atom. The number of amides is 2. The predicted octanol–water partition coefficient (Wildman–Crippen LogP) is 2.96. The number of unbranched alkanes of at least 4 members (excludes halogenated alkanes) is 9. The number of rotatable bonds is 17. The van der Waals surface area contributed by atoms with Gasteiger partial charge in [0.1, 0.15) is 0 Å². The lowest BCUT2D eigenvalue weighted by Crippen LogP contribution is -2.32. The van der Waals surface area contributed by atoms with Gasteiger partial charge in [0.15, 0.2) is 0 Å². The van der Waals surface area contributed by atoms with E-state index in [1.54, 1.807) is 0 Å². The van der Waals surface area contributed by atoms with E-state index in [4.69, 9.17) is 11.5 Å². The summed E-state index contributed by atoms with van der Waals surface area (Å²) in [5.41, 5.74) is 10.4. The minimum Gasteiger partial charge on any atom is -0.370 e. The summed E-state index contributed by atoms with van der Waals surface area (Å²) in [7, 11) is 0. The van der Waals surface area contributed by atoms with Crippen LogP contribution in [0.5, 0.6) is 0 Å². The lowest BCUT2D eigenvalue weighted by Gasteiger charge is -2.20. The average molecular weight is 328 g/mol. The number of hydrogen-bond donors (Lipinski definition) is 2. The predicted molar refractivity (Wildman–Crippen MR) is 95.9 cm³/mol. The van der Waals surface area contributed by atoms with E-state index in [-0.39, 0.29) is 11.8 Å². The quantitative estimate of drug-likeness (QED) is 0.402. The van der Waals surface area contributed by atoms with E-state index in [2.05, 4.69) is 11.8 Å².